The molecule has 1 saturated heterocycles. The van der Waals surface area contributed by atoms with Crippen molar-refractivity contribution in [2.45, 2.75) is 51.6 Å². The summed E-state index contributed by atoms with van der Waals surface area (Å²) in [5.74, 6) is 5.55. The second-order valence-electron chi connectivity index (χ2n) is 4.92. The van der Waals surface area contributed by atoms with E-state index in [9.17, 15) is 0 Å². The minimum absolute atomic E-state index is 0.0977. The zero-order valence-electron chi connectivity index (χ0n) is 11.4. The fourth-order valence-electron chi connectivity index (χ4n) is 2.34. The lowest BCUT2D eigenvalue weighted by atomic mass is 10.0. The van der Waals surface area contributed by atoms with Crippen LogP contribution in [0, 0.1) is 11.8 Å². The van der Waals surface area contributed by atoms with Gasteiger partial charge in [0.15, 0.2) is 0 Å². The lowest BCUT2D eigenvalue weighted by Gasteiger charge is -2.31. The monoisotopic (exact) mass is 280 g/mol. The van der Waals surface area contributed by atoms with Gasteiger partial charge in [0.05, 0.1) is 24.9 Å². The van der Waals surface area contributed by atoms with Crippen LogP contribution < -0.4 is 0 Å². The minimum Gasteiger partial charge on any atom is -0.384 e. The van der Waals surface area contributed by atoms with Crippen molar-refractivity contribution in [3.63, 3.8) is 0 Å². The van der Waals surface area contributed by atoms with E-state index in [1.165, 1.54) is 4.88 Å². The molecule has 0 amide bonds. The Morgan fingerprint density at radius 2 is 2.16 bits per heavy atom. The van der Waals surface area contributed by atoms with Crippen molar-refractivity contribution in [3.05, 3.63) is 21.9 Å². The molecule has 0 radical (unpaired) electrons. The summed E-state index contributed by atoms with van der Waals surface area (Å²) in [5.41, 5.74) is 0.950. The molecule has 19 heavy (non-hydrogen) atoms. The van der Waals surface area contributed by atoms with E-state index >= 15 is 0 Å². The molecule has 1 N–H and O–H groups in total. The predicted octanol–water partition coefficient (Wildman–Crippen LogP) is 2.56. The van der Waals surface area contributed by atoms with Crippen LogP contribution in [-0.2, 0) is 16.1 Å². The van der Waals surface area contributed by atoms with E-state index in [1.807, 2.05) is 11.4 Å². The molecule has 0 spiro atoms. The lowest BCUT2D eigenvalue weighted by molar-refractivity contribution is -0.105. The number of rotatable bonds is 3. The van der Waals surface area contributed by atoms with Gasteiger partial charge in [-0.25, -0.2) is 0 Å². The summed E-state index contributed by atoms with van der Waals surface area (Å²) in [6.07, 6.45) is 2.78. The Labute approximate surface area is 118 Å². The number of hydrogen-bond acceptors (Lipinski definition) is 4. The van der Waals surface area contributed by atoms with E-state index in [-0.39, 0.29) is 24.9 Å². The van der Waals surface area contributed by atoms with Gasteiger partial charge in [-0.15, -0.1) is 11.3 Å². The summed E-state index contributed by atoms with van der Waals surface area (Å²) in [5, 5.41) is 10.6. The first-order valence-electron chi connectivity index (χ1n) is 6.61. The lowest BCUT2D eigenvalue weighted by Crippen LogP contribution is -2.33. The molecule has 0 bridgehead atoms. The van der Waals surface area contributed by atoms with Gasteiger partial charge < -0.3 is 14.6 Å². The van der Waals surface area contributed by atoms with Crippen LogP contribution in [0.4, 0.5) is 0 Å². The van der Waals surface area contributed by atoms with Gasteiger partial charge in [-0.2, -0.15) is 0 Å². The zero-order chi connectivity index (χ0) is 13.7. The van der Waals surface area contributed by atoms with Crippen LogP contribution in [0.3, 0.4) is 0 Å². The SMILES string of the molecule is CC1CC(OCc2cc(C#CCO)cs2)CC(C)O1. The third kappa shape index (κ3) is 4.63. The molecule has 2 rings (SSSR count). The maximum absolute atomic E-state index is 8.65. The number of aliphatic hydroxyl groups is 1. The highest BCUT2D eigenvalue weighted by Gasteiger charge is 2.24. The molecule has 4 heteroatoms. The van der Waals surface area contributed by atoms with E-state index in [2.05, 4.69) is 25.7 Å². The van der Waals surface area contributed by atoms with Crippen LogP contribution in [-0.4, -0.2) is 30.0 Å². The van der Waals surface area contributed by atoms with Crippen LogP contribution in [0.2, 0.25) is 0 Å². The predicted molar refractivity (Wildman–Crippen MR) is 76.1 cm³/mol. The number of thiophene rings is 1. The van der Waals surface area contributed by atoms with Crippen LogP contribution in [0.1, 0.15) is 37.1 Å². The van der Waals surface area contributed by atoms with Gasteiger partial charge in [0.2, 0.25) is 0 Å². The number of ether oxygens (including phenoxy) is 2. The molecule has 1 aliphatic heterocycles. The van der Waals surface area contributed by atoms with Crippen molar-refractivity contribution in [2.75, 3.05) is 6.61 Å². The molecule has 2 unspecified atom stereocenters. The number of aliphatic hydroxyl groups excluding tert-OH is 1. The van der Waals surface area contributed by atoms with Crippen molar-refractivity contribution in [1.29, 1.82) is 0 Å². The standard InChI is InChI=1S/C15H20O3S/c1-11-6-14(7-12(2)18-11)17-9-15-8-13(10-19-15)4-3-5-16/h8,10-12,14,16H,5-7,9H2,1-2H3. The van der Waals surface area contributed by atoms with Gasteiger partial charge in [-0.1, -0.05) is 11.8 Å². The maximum atomic E-state index is 8.65. The Hall–Kier alpha value is -0.860. The molecule has 0 aliphatic carbocycles. The molecule has 2 atom stereocenters. The van der Waals surface area contributed by atoms with Gasteiger partial charge in [0.1, 0.15) is 6.61 Å². The summed E-state index contributed by atoms with van der Waals surface area (Å²) in [4.78, 5) is 1.18. The van der Waals surface area contributed by atoms with Crippen molar-refractivity contribution in [3.8, 4) is 11.8 Å². The molecule has 1 aromatic rings. The Morgan fingerprint density at radius 3 is 2.84 bits per heavy atom. The van der Waals surface area contributed by atoms with Crippen LogP contribution >= 0.6 is 11.3 Å². The Balaban J connectivity index is 1.83. The third-order valence-electron chi connectivity index (χ3n) is 3.08. The molecule has 2 heterocycles. The summed E-state index contributed by atoms with van der Waals surface area (Å²) >= 11 is 1.65. The second-order valence-corrected chi connectivity index (χ2v) is 5.92. The van der Waals surface area contributed by atoms with Gasteiger partial charge in [-0.3, -0.25) is 0 Å². The second kappa shape index (κ2) is 7.06. The van der Waals surface area contributed by atoms with Gasteiger partial charge in [0, 0.05) is 15.8 Å². The van der Waals surface area contributed by atoms with E-state index < -0.39 is 0 Å². The quantitative estimate of drug-likeness (QED) is 0.865. The smallest absolute Gasteiger partial charge is 0.104 e. The van der Waals surface area contributed by atoms with E-state index in [0.29, 0.717) is 6.61 Å². The average molecular weight is 280 g/mol. The Kier molecular flexibility index (Phi) is 5.41. The van der Waals surface area contributed by atoms with Crippen LogP contribution in [0.15, 0.2) is 11.4 Å². The highest BCUT2D eigenvalue weighted by molar-refractivity contribution is 7.10. The highest BCUT2D eigenvalue weighted by Crippen LogP contribution is 2.23. The minimum atomic E-state index is -0.0977. The van der Waals surface area contributed by atoms with Gasteiger partial charge >= 0.3 is 0 Å². The molecule has 3 nitrogen and oxygen atoms in total. The summed E-state index contributed by atoms with van der Waals surface area (Å²) in [6, 6.07) is 2.03. The highest BCUT2D eigenvalue weighted by atomic mass is 32.1. The van der Waals surface area contributed by atoms with Gasteiger partial charge in [0.25, 0.3) is 0 Å². The first kappa shape index (κ1) is 14.5. The molecular formula is C15H20O3S. The zero-order valence-corrected chi connectivity index (χ0v) is 12.2. The first-order valence-corrected chi connectivity index (χ1v) is 7.49. The Bertz CT molecular complexity index is 447. The maximum Gasteiger partial charge on any atom is 0.104 e. The van der Waals surface area contributed by atoms with E-state index in [0.717, 1.165) is 18.4 Å². The molecule has 1 aromatic heterocycles. The fraction of sp³-hybridized carbons (Fsp3) is 0.600. The van der Waals surface area contributed by atoms with Gasteiger partial charge in [-0.05, 0) is 32.8 Å². The normalized spacial score (nSPS) is 26.8. The van der Waals surface area contributed by atoms with E-state index in [4.69, 9.17) is 14.6 Å². The summed E-state index contributed by atoms with van der Waals surface area (Å²) in [7, 11) is 0. The largest absolute Gasteiger partial charge is 0.384 e. The average Bonchev–Trinajstić information content (AvgIpc) is 2.81. The summed E-state index contributed by atoms with van der Waals surface area (Å²) < 4.78 is 11.7. The van der Waals surface area contributed by atoms with Crippen molar-refractivity contribution in [2.24, 2.45) is 0 Å². The molecule has 1 aliphatic rings. The van der Waals surface area contributed by atoms with E-state index in [1.54, 1.807) is 11.3 Å². The van der Waals surface area contributed by atoms with Crippen molar-refractivity contribution < 1.29 is 14.6 Å². The van der Waals surface area contributed by atoms with Crippen molar-refractivity contribution in [1.82, 2.24) is 0 Å². The molecule has 0 saturated carbocycles. The number of hydrogen-bond donors (Lipinski definition) is 1. The topological polar surface area (TPSA) is 38.7 Å². The van der Waals surface area contributed by atoms with Crippen LogP contribution in [0.25, 0.3) is 0 Å². The summed E-state index contributed by atoms with van der Waals surface area (Å²) in [6.45, 7) is 4.73. The molecule has 1 fully saturated rings. The Morgan fingerprint density at radius 1 is 1.42 bits per heavy atom. The molecule has 104 valence electrons. The van der Waals surface area contributed by atoms with Crippen LogP contribution in [0.5, 0.6) is 0 Å². The third-order valence-corrected chi connectivity index (χ3v) is 3.99. The van der Waals surface area contributed by atoms with Crippen molar-refractivity contribution >= 4 is 11.3 Å². The molecule has 0 aromatic carbocycles. The fourth-order valence-corrected chi connectivity index (χ4v) is 3.08. The molecular weight excluding hydrogens is 260 g/mol. The first-order chi connectivity index (χ1) is 9.17.